The van der Waals surface area contributed by atoms with E-state index in [1.165, 1.54) is 0 Å². The van der Waals surface area contributed by atoms with Crippen LogP contribution in [-0.4, -0.2) is 15.8 Å². The molecule has 1 rings (SSSR count). The molecule has 0 spiro atoms. The standard InChI is InChI=1S/C4H6N4/c5-3(6)4-7-1-2-8-4/h1-2H,(H3,5,6)(H,7,8). The Balaban J connectivity index is 2.93. The number of nitrogens with one attached hydrogen (secondary N) is 2. The maximum absolute atomic E-state index is 6.84. The predicted molar refractivity (Wildman–Crippen MR) is 29.6 cm³/mol. The molecule has 0 aliphatic heterocycles. The summed E-state index contributed by atoms with van der Waals surface area (Å²) < 4.78 is 0. The van der Waals surface area contributed by atoms with Crippen LogP contribution in [0.3, 0.4) is 0 Å². The van der Waals surface area contributed by atoms with Crippen molar-refractivity contribution in [2.24, 2.45) is 5.73 Å². The van der Waals surface area contributed by atoms with Crippen molar-refractivity contribution in [2.45, 2.75) is 0 Å². The van der Waals surface area contributed by atoms with Gasteiger partial charge in [0.15, 0.2) is 11.7 Å². The van der Waals surface area contributed by atoms with Crippen LogP contribution in [0.15, 0.2) is 12.4 Å². The van der Waals surface area contributed by atoms with E-state index in [4.69, 9.17) is 11.1 Å². The maximum atomic E-state index is 6.84. The van der Waals surface area contributed by atoms with Gasteiger partial charge < -0.3 is 10.7 Å². The van der Waals surface area contributed by atoms with E-state index in [1.54, 1.807) is 12.4 Å². The quantitative estimate of drug-likeness (QED) is 0.342. The largest absolute Gasteiger partial charge is 0.381 e. The highest BCUT2D eigenvalue weighted by Crippen LogP contribution is 1.82. The first-order valence-electron chi connectivity index (χ1n) is 2.14. The van der Waals surface area contributed by atoms with Gasteiger partial charge in [-0.1, -0.05) is 0 Å². The Hall–Kier alpha value is -1.32. The first kappa shape index (κ1) is 4.83. The number of aromatic nitrogens is 2. The second-order valence-corrected chi connectivity index (χ2v) is 1.35. The fourth-order valence-corrected chi connectivity index (χ4v) is 0.413. The van der Waals surface area contributed by atoms with Crippen molar-refractivity contribution in [3.63, 3.8) is 0 Å². The molecule has 4 nitrogen and oxygen atoms in total. The summed E-state index contributed by atoms with van der Waals surface area (Å²) in [6, 6.07) is 0. The first-order chi connectivity index (χ1) is 3.80. The number of aromatic amines is 1. The Labute approximate surface area is 46.3 Å². The summed E-state index contributed by atoms with van der Waals surface area (Å²) >= 11 is 0. The number of imidazole rings is 1. The number of nitrogens with two attached hydrogens (primary N) is 1. The molecular formula is C4H6N4. The van der Waals surface area contributed by atoms with Gasteiger partial charge in [0.05, 0.1) is 0 Å². The topological polar surface area (TPSA) is 78.6 Å². The van der Waals surface area contributed by atoms with Crippen LogP contribution in [0.2, 0.25) is 0 Å². The molecule has 4 heteroatoms. The minimum absolute atomic E-state index is 0.0324. The molecule has 0 unspecified atom stereocenters. The molecule has 0 saturated heterocycles. The van der Waals surface area contributed by atoms with Crippen LogP contribution in [-0.2, 0) is 0 Å². The number of hydrogen-bond donors (Lipinski definition) is 3. The van der Waals surface area contributed by atoms with Crippen molar-refractivity contribution in [1.29, 1.82) is 5.41 Å². The van der Waals surface area contributed by atoms with Crippen molar-refractivity contribution < 1.29 is 0 Å². The molecule has 0 bridgehead atoms. The summed E-state index contributed by atoms with van der Waals surface area (Å²) in [6.45, 7) is 0. The van der Waals surface area contributed by atoms with Gasteiger partial charge in [-0.3, -0.25) is 5.41 Å². The summed E-state index contributed by atoms with van der Waals surface area (Å²) in [5.41, 5.74) is 5.05. The fourth-order valence-electron chi connectivity index (χ4n) is 0.413. The van der Waals surface area contributed by atoms with Crippen LogP contribution < -0.4 is 5.73 Å². The van der Waals surface area contributed by atoms with E-state index in [9.17, 15) is 0 Å². The molecule has 0 fully saturated rings. The minimum Gasteiger partial charge on any atom is -0.381 e. The summed E-state index contributed by atoms with van der Waals surface area (Å²) in [7, 11) is 0. The molecule has 0 radical (unpaired) electrons. The lowest BCUT2D eigenvalue weighted by Crippen LogP contribution is -2.12. The van der Waals surface area contributed by atoms with Crippen molar-refractivity contribution in [3.05, 3.63) is 18.2 Å². The first-order valence-corrected chi connectivity index (χ1v) is 2.14. The Kier molecular flexibility index (Phi) is 0.997. The smallest absolute Gasteiger partial charge is 0.172 e. The van der Waals surface area contributed by atoms with Crippen LogP contribution in [0, 0.1) is 5.41 Å². The van der Waals surface area contributed by atoms with Crippen LogP contribution >= 0.6 is 0 Å². The average Bonchev–Trinajstić information content (AvgIpc) is 2.12. The van der Waals surface area contributed by atoms with E-state index >= 15 is 0 Å². The number of amidine groups is 1. The molecule has 4 N–H and O–H groups in total. The molecule has 0 aromatic carbocycles. The molecule has 42 valence electrons. The molecule has 0 aliphatic carbocycles. The second-order valence-electron chi connectivity index (χ2n) is 1.35. The van der Waals surface area contributed by atoms with E-state index < -0.39 is 0 Å². The summed E-state index contributed by atoms with van der Waals surface area (Å²) in [5.74, 6) is 0.389. The molecule has 0 aliphatic rings. The lowest BCUT2D eigenvalue weighted by molar-refractivity contribution is 1.22. The average molecular weight is 110 g/mol. The van der Waals surface area contributed by atoms with Gasteiger partial charge in [0.25, 0.3) is 0 Å². The summed E-state index contributed by atoms with van der Waals surface area (Å²) in [6.07, 6.45) is 3.17. The number of nitrogen functional groups attached to an aromatic ring is 1. The van der Waals surface area contributed by atoms with Crippen LogP contribution in [0.4, 0.5) is 0 Å². The Morgan fingerprint density at radius 3 is 2.88 bits per heavy atom. The Bertz CT molecular complexity index is 176. The van der Waals surface area contributed by atoms with Gasteiger partial charge in [-0.25, -0.2) is 4.98 Å². The molecule has 0 amide bonds. The summed E-state index contributed by atoms with van der Waals surface area (Å²) in [5, 5.41) is 6.84. The lowest BCUT2D eigenvalue weighted by atomic mass is 10.6. The Morgan fingerprint density at radius 2 is 2.62 bits per heavy atom. The third kappa shape index (κ3) is 0.676. The van der Waals surface area contributed by atoms with E-state index in [0.29, 0.717) is 5.82 Å². The molecule has 1 heterocycles. The zero-order valence-corrected chi connectivity index (χ0v) is 4.18. The van der Waals surface area contributed by atoms with Crippen LogP contribution in [0.1, 0.15) is 5.82 Å². The zero-order valence-electron chi connectivity index (χ0n) is 4.18. The zero-order chi connectivity index (χ0) is 5.98. The SMILES string of the molecule is N=C(N)c1ncc[nH]1. The normalized spacial score (nSPS) is 9.00. The molecule has 1 aromatic heterocycles. The number of rotatable bonds is 1. The van der Waals surface area contributed by atoms with E-state index in [-0.39, 0.29) is 5.84 Å². The van der Waals surface area contributed by atoms with Crippen LogP contribution in [0.5, 0.6) is 0 Å². The van der Waals surface area contributed by atoms with Gasteiger partial charge in [0, 0.05) is 12.4 Å². The van der Waals surface area contributed by atoms with Crippen molar-refractivity contribution in [1.82, 2.24) is 9.97 Å². The number of H-pyrrole nitrogens is 1. The highest BCUT2D eigenvalue weighted by Gasteiger charge is 1.92. The monoisotopic (exact) mass is 110 g/mol. The number of hydrogen-bond acceptors (Lipinski definition) is 2. The molecule has 0 atom stereocenters. The fraction of sp³-hybridized carbons (Fsp3) is 0. The molecule has 1 aromatic rings. The van der Waals surface area contributed by atoms with Gasteiger partial charge in [-0.15, -0.1) is 0 Å². The summed E-state index contributed by atoms with van der Waals surface area (Å²) in [4.78, 5) is 6.39. The molecule has 8 heavy (non-hydrogen) atoms. The van der Waals surface area contributed by atoms with Crippen molar-refractivity contribution in [3.8, 4) is 0 Å². The van der Waals surface area contributed by atoms with Crippen molar-refractivity contribution in [2.75, 3.05) is 0 Å². The third-order valence-electron chi connectivity index (χ3n) is 0.753. The predicted octanol–water partition coefficient (Wildman–Crippen LogP) is -0.306. The molecular weight excluding hydrogens is 104 g/mol. The van der Waals surface area contributed by atoms with Gasteiger partial charge in [-0.2, -0.15) is 0 Å². The van der Waals surface area contributed by atoms with Gasteiger partial charge in [0.1, 0.15) is 0 Å². The minimum atomic E-state index is -0.0324. The van der Waals surface area contributed by atoms with Gasteiger partial charge >= 0.3 is 0 Å². The highest BCUT2D eigenvalue weighted by atomic mass is 14.9. The second kappa shape index (κ2) is 1.65. The lowest BCUT2D eigenvalue weighted by Gasteiger charge is -1.84. The van der Waals surface area contributed by atoms with E-state index in [0.717, 1.165) is 0 Å². The Morgan fingerprint density at radius 1 is 1.88 bits per heavy atom. The van der Waals surface area contributed by atoms with Gasteiger partial charge in [0.2, 0.25) is 0 Å². The van der Waals surface area contributed by atoms with Crippen LogP contribution in [0.25, 0.3) is 0 Å². The number of nitrogens with zero attached hydrogens (tertiary/aromatic N) is 1. The maximum Gasteiger partial charge on any atom is 0.172 e. The van der Waals surface area contributed by atoms with Gasteiger partial charge in [-0.05, 0) is 0 Å². The van der Waals surface area contributed by atoms with E-state index in [2.05, 4.69) is 9.97 Å². The molecule has 0 saturated carbocycles. The third-order valence-corrected chi connectivity index (χ3v) is 0.753. The highest BCUT2D eigenvalue weighted by molar-refractivity contribution is 5.91. The van der Waals surface area contributed by atoms with Crippen molar-refractivity contribution >= 4 is 5.84 Å². The van der Waals surface area contributed by atoms with E-state index in [1.807, 2.05) is 0 Å².